The number of halogens is 3. The largest absolute Gasteiger partial charge is 0.391 e. The topological polar surface area (TPSA) is 70.0 Å². The summed E-state index contributed by atoms with van der Waals surface area (Å²) in [7, 11) is 0. The van der Waals surface area contributed by atoms with Crippen LogP contribution < -0.4 is 10.2 Å². The Morgan fingerprint density at radius 2 is 1.86 bits per heavy atom. The predicted octanol–water partition coefficient (Wildman–Crippen LogP) is 4.79. The molecule has 2 aromatic rings. The van der Waals surface area contributed by atoms with Gasteiger partial charge in [-0.2, -0.15) is 18.3 Å². The summed E-state index contributed by atoms with van der Waals surface area (Å²) in [4.78, 5) is 27.9. The van der Waals surface area contributed by atoms with Crippen molar-refractivity contribution in [2.75, 3.05) is 24.5 Å². The van der Waals surface area contributed by atoms with Gasteiger partial charge in [0, 0.05) is 31.7 Å². The van der Waals surface area contributed by atoms with Gasteiger partial charge in [-0.1, -0.05) is 0 Å². The number of alkyl halides is 3. The van der Waals surface area contributed by atoms with E-state index >= 15 is 0 Å². The van der Waals surface area contributed by atoms with Gasteiger partial charge >= 0.3 is 12.2 Å². The van der Waals surface area contributed by atoms with E-state index in [4.69, 9.17) is 0 Å². The van der Waals surface area contributed by atoms with E-state index in [-0.39, 0.29) is 25.2 Å². The summed E-state index contributed by atoms with van der Waals surface area (Å²) in [5.74, 6) is -0.477. The number of nitrogens with zero attached hydrogens (tertiary/aromatic N) is 4. The lowest BCUT2D eigenvalue weighted by atomic mass is 9.80. The average molecular weight is 506 g/mol. The number of urea groups is 1. The summed E-state index contributed by atoms with van der Waals surface area (Å²) in [5, 5.41) is 6.74. The zero-order chi connectivity index (χ0) is 25.4. The zero-order valence-electron chi connectivity index (χ0n) is 20.6. The highest BCUT2D eigenvalue weighted by Gasteiger charge is 2.41. The van der Waals surface area contributed by atoms with Gasteiger partial charge in [-0.05, 0) is 87.9 Å². The first kappa shape index (κ1) is 25.0. The average Bonchev–Trinajstić information content (AvgIpc) is 3.24. The minimum Gasteiger partial charge on any atom is -0.300 e. The summed E-state index contributed by atoms with van der Waals surface area (Å²) in [6, 6.07) is 4.15. The van der Waals surface area contributed by atoms with Crippen LogP contribution >= 0.6 is 0 Å². The molecule has 3 amide bonds. The molecule has 2 aromatic heterocycles. The fourth-order valence-electron chi connectivity index (χ4n) is 6.25. The summed E-state index contributed by atoms with van der Waals surface area (Å²) in [6.07, 6.45) is 4.75. The van der Waals surface area contributed by atoms with Crippen LogP contribution in [0.3, 0.4) is 0 Å². The van der Waals surface area contributed by atoms with Gasteiger partial charge in [-0.3, -0.25) is 15.0 Å². The molecule has 196 valence electrons. The van der Waals surface area contributed by atoms with Crippen molar-refractivity contribution in [3.63, 3.8) is 0 Å². The van der Waals surface area contributed by atoms with Crippen molar-refractivity contribution < 1.29 is 22.8 Å². The molecular weight excluding hydrogens is 471 g/mol. The molecule has 1 saturated carbocycles. The van der Waals surface area contributed by atoms with Crippen molar-refractivity contribution >= 4 is 23.1 Å². The molecule has 5 rings (SSSR count). The number of aromatic nitrogens is 2. The van der Waals surface area contributed by atoms with Crippen LogP contribution in [-0.4, -0.2) is 58.3 Å². The Hall–Kier alpha value is -2.62. The first-order valence-corrected chi connectivity index (χ1v) is 13.1. The number of nitrogens with one attached hydrogen (secondary N) is 1. The number of anilines is 1. The third-order valence-electron chi connectivity index (χ3n) is 8.36. The third kappa shape index (κ3) is 5.38. The Bertz CT molecular complexity index is 1110. The monoisotopic (exact) mass is 505 g/mol. The van der Waals surface area contributed by atoms with Gasteiger partial charge in [0.1, 0.15) is 0 Å². The van der Waals surface area contributed by atoms with E-state index < -0.39 is 18.1 Å². The van der Waals surface area contributed by atoms with Gasteiger partial charge in [0.15, 0.2) is 0 Å². The van der Waals surface area contributed by atoms with Crippen molar-refractivity contribution in [2.24, 2.45) is 17.8 Å². The van der Waals surface area contributed by atoms with Crippen molar-refractivity contribution in [1.29, 1.82) is 0 Å². The lowest BCUT2D eigenvalue weighted by Gasteiger charge is -2.41. The summed E-state index contributed by atoms with van der Waals surface area (Å²) in [6.45, 7) is 4.46. The second-order valence-electron chi connectivity index (χ2n) is 10.8. The lowest BCUT2D eigenvalue weighted by Crippen LogP contribution is -2.49. The first-order chi connectivity index (χ1) is 17.2. The molecule has 0 spiro atoms. The van der Waals surface area contributed by atoms with E-state index in [2.05, 4.69) is 34.4 Å². The highest BCUT2D eigenvalue weighted by atomic mass is 19.4. The maximum atomic E-state index is 13.0. The van der Waals surface area contributed by atoms with Crippen LogP contribution in [0.4, 0.5) is 23.7 Å². The second kappa shape index (κ2) is 10.0. The number of imide groups is 1. The van der Waals surface area contributed by atoms with Crippen LogP contribution in [0, 0.1) is 17.8 Å². The molecule has 2 atom stereocenters. The molecule has 0 unspecified atom stereocenters. The molecule has 0 aromatic carbocycles. The van der Waals surface area contributed by atoms with Gasteiger partial charge in [-0.15, -0.1) is 0 Å². The lowest BCUT2D eigenvalue weighted by molar-refractivity contribution is -0.184. The van der Waals surface area contributed by atoms with E-state index in [1.165, 1.54) is 5.56 Å². The number of likely N-dealkylation sites (tertiary alicyclic amines) is 1. The zero-order valence-corrected chi connectivity index (χ0v) is 20.6. The number of amides is 3. The number of hydrogen-bond acceptors (Lipinski definition) is 4. The molecule has 1 N–H and O–H groups in total. The molecule has 3 fully saturated rings. The van der Waals surface area contributed by atoms with Crippen LogP contribution in [0.25, 0.3) is 5.52 Å². The Morgan fingerprint density at radius 1 is 1.08 bits per heavy atom. The van der Waals surface area contributed by atoms with Crippen LogP contribution in [0.2, 0.25) is 0 Å². The fraction of sp³-hybridized carbons (Fsp3) is 0.654. The van der Waals surface area contributed by atoms with Crippen molar-refractivity contribution in [2.45, 2.75) is 70.5 Å². The quantitative estimate of drug-likeness (QED) is 0.634. The highest BCUT2D eigenvalue weighted by Crippen LogP contribution is 2.40. The van der Waals surface area contributed by atoms with E-state index in [0.717, 1.165) is 37.9 Å². The minimum absolute atomic E-state index is 0.261. The molecule has 2 saturated heterocycles. The number of piperidine rings is 1. The Labute approximate surface area is 209 Å². The Balaban J connectivity index is 1.17. The van der Waals surface area contributed by atoms with Crippen molar-refractivity contribution in [3.05, 3.63) is 30.1 Å². The Morgan fingerprint density at radius 3 is 2.56 bits per heavy atom. The van der Waals surface area contributed by atoms with Gasteiger partial charge in [0.05, 0.1) is 23.3 Å². The maximum absolute atomic E-state index is 13.0. The molecule has 3 aliphatic rings. The van der Waals surface area contributed by atoms with E-state index in [1.807, 2.05) is 6.20 Å². The number of pyridine rings is 1. The van der Waals surface area contributed by atoms with E-state index in [1.54, 1.807) is 15.6 Å². The number of rotatable bonds is 5. The van der Waals surface area contributed by atoms with Crippen LogP contribution in [0.1, 0.15) is 57.4 Å². The fourth-order valence-corrected chi connectivity index (χ4v) is 6.25. The smallest absolute Gasteiger partial charge is 0.300 e. The number of hydrogen-bond donors (Lipinski definition) is 1. The van der Waals surface area contributed by atoms with Gasteiger partial charge in [0.2, 0.25) is 5.91 Å². The van der Waals surface area contributed by atoms with Gasteiger partial charge in [-0.25, -0.2) is 9.31 Å². The van der Waals surface area contributed by atoms with Crippen molar-refractivity contribution in [1.82, 2.24) is 19.8 Å². The summed E-state index contributed by atoms with van der Waals surface area (Å²) in [5.41, 5.74) is 2.73. The molecular formula is C26H34F3N5O2. The number of carbonyl (C=O) groups is 2. The predicted molar refractivity (Wildman–Crippen MR) is 130 cm³/mol. The molecule has 4 heterocycles. The molecule has 0 bridgehead atoms. The van der Waals surface area contributed by atoms with Crippen LogP contribution in [0.15, 0.2) is 24.5 Å². The minimum atomic E-state index is -4.05. The summed E-state index contributed by atoms with van der Waals surface area (Å²) < 4.78 is 40.7. The molecule has 0 radical (unpaired) electrons. The molecule has 1 aliphatic carbocycles. The Kier molecular flexibility index (Phi) is 6.98. The molecule has 2 aliphatic heterocycles. The second-order valence-corrected chi connectivity index (χ2v) is 10.8. The van der Waals surface area contributed by atoms with E-state index in [9.17, 15) is 22.8 Å². The van der Waals surface area contributed by atoms with Crippen LogP contribution in [0.5, 0.6) is 0 Å². The van der Waals surface area contributed by atoms with Crippen molar-refractivity contribution in [3.8, 4) is 0 Å². The SMILES string of the molecule is C[C@H]1C[C@H](Cc2ccn3ncc(N4CCC(=O)NC4=O)c3c2)CCN1CC1CCC(C(F)(F)F)CC1. The maximum Gasteiger partial charge on any atom is 0.391 e. The number of fused-ring (bicyclic) bond motifs is 1. The van der Waals surface area contributed by atoms with Gasteiger partial charge in [0.25, 0.3) is 0 Å². The van der Waals surface area contributed by atoms with Gasteiger partial charge < -0.3 is 4.90 Å². The first-order valence-electron chi connectivity index (χ1n) is 13.1. The summed E-state index contributed by atoms with van der Waals surface area (Å²) >= 11 is 0. The van der Waals surface area contributed by atoms with E-state index in [0.29, 0.717) is 43.0 Å². The highest BCUT2D eigenvalue weighted by molar-refractivity contribution is 6.07. The molecule has 7 nitrogen and oxygen atoms in total. The number of carbonyl (C=O) groups excluding carboxylic acids is 2. The third-order valence-corrected chi connectivity index (χ3v) is 8.36. The molecule has 36 heavy (non-hydrogen) atoms. The van der Waals surface area contributed by atoms with Crippen LogP contribution in [-0.2, 0) is 11.2 Å². The standard InChI is InChI=1S/C26H34F3N5O2/c1-17-12-19(6-9-32(17)16-18-2-4-21(5-3-18)26(27,28)29)13-20-7-11-34-22(14-20)23(15-30-34)33-10-8-24(35)31-25(33)36/h7,11,14-15,17-19,21H,2-6,8-10,12-13,16H2,1H3,(H,31,35,36)/t17-,18?,19+,21?/m0/s1. The normalized spacial score (nSPS) is 28.5. The molecule has 10 heteroatoms.